The molecule has 7 heteroatoms. The number of ether oxygens (including phenoxy) is 1. The average Bonchev–Trinajstić information content (AvgIpc) is 3.19. The average molecular weight is 332 g/mol. The van der Waals surface area contributed by atoms with E-state index in [1.165, 1.54) is 6.33 Å². The Bertz CT molecular complexity index is 660. The second-order valence-corrected chi connectivity index (χ2v) is 6.77. The first kappa shape index (κ1) is 15.7. The van der Waals surface area contributed by atoms with Crippen LogP contribution < -0.4 is 9.64 Å². The highest BCUT2D eigenvalue weighted by molar-refractivity contribution is 7.10. The van der Waals surface area contributed by atoms with Gasteiger partial charge in [0.2, 0.25) is 11.8 Å². The first-order valence-electron chi connectivity index (χ1n) is 7.58. The van der Waals surface area contributed by atoms with Crippen molar-refractivity contribution in [3.05, 3.63) is 34.8 Å². The molecule has 1 atom stereocenters. The molecule has 1 fully saturated rings. The van der Waals surface area contributed by atoms with Gasteiger partial charge in [0.05, 0.1) is 13.0 Å². The molecule has 2 aromatic rings. The highest BCUT2D eigenvalue weighted by Crippen LogP contribution is 2.20. The van der Waals surface area contributed by atoms with E-state index in [-0.39, 0.29) is 12.0 Å². The summed E-state index contributed by atoms with van der Waals surface area (Å²) in [6, 6.07) is 5.78. The number of nitrogens with zero attached hydrogens (tertiary/aromatic N) is 4. The second-order valence-electron chi connectivity index (χ2n) is 5.73. The summed E-state index contributed by atoms with van der Waals surface area (Å²) in [4.78, 5) is 25.5. The first-order valence-corrected chi connectivity index (χ1v) is 8.46. The lowest BCUT2D eigenvalue weighted by molar-refractivity contribution is -0.129. The zero-order valence-electron chi connectivity index (χ0n) is 13.3. The Labute approximate surface area is 139 Å². The van der Waals surface area contributed by atoms with Gasteiger partial charge in [-0.05, 0) is 11.4 Å². The summed E-state index contributed by atoms with van der Waals surface area (Å²) < 4.78 is 5.91. The molecule has 1 amide bonds. The lowest BCUT2D eigenvalue weighted by Gasteiger charge is -2.17. The Morgan fingerprint density at radius 1 is 1.48 bits per heavy atom. The molecule has 0 aliphatic carbocycles. The van der Waals surface area contributed by atoms with E-state index in [2.05, 4.69) is 9.97 Å². The van der Waals surface area contributed by atoms with Crippen LogP contribution in [0.4, 0.5) is 5.82 Å². The molecule has 6 nitrogen and oxygen atoms in total. The molecule has 122 valence electrons. The van der Waals surface area contributed by atoms with Gasteiger partial charge in [0.25, 0.3) is 0 Å². The van der Waals surface area contributed by atoms with E-state index in [1.807, 2.05) is 47.5 Å². The largest absolute Gasteiger partial charge is 0.472 e. The van der Waals surface area contributed by atoms with E-state index >= 15 is 0 Å². The van der Waals surface area contributed by atoms with Crippen LogP contribution in [0.3, 0.4) is 0 Å². The summed E-state index contributed by atoms with van der Waals surface area (Å²) in [5.41, 5.74) is 0. The number of anilines is 1. The van der Waals surface area contributed by atoms with E-state index < -0.39 is 0 Å². The van der Waals surface area contributed by atoms with Gasteiger partial charge >= 0.3 is 0 Å². The maximum Gasteiger partial charge on any atom is 0.227 e. The number of hydrogen-bond donors (Lipinski definition) is 0. The van der Waals surface area contributed by atoms with Gasteiger partial charge in [0.1, 0.15) is 18.2 Å². The zero-order chi connectivity index (χ0) is 16.2. The molecule has 1 aliphatic heterocycles. The van der Waals surface area contributed by atoms with Gasteiger partial charge in [-0.1, -0.05) is 6.07 Å². The van der Waals surface area contributed by atoms with Crippen molar-refractivity contribution in [2.24, 2.45) is 0 Å². The molecule has 0 N–H and O–H groups in total. The van der Waals surface area contributed by atoms with E-state index in [1.54, 1.807) is 11.3 Å². The number of amides is 1. The molecule has 0 radical (unpaired) electrons. The van der Waals surface area contributed by atoms with Gasteiger partial charge in [-0.15, -0.1) is 11.3 Å². The van der Waals surface area contributed by atoms with Gasteiger partial charge < -0.3 is 14.5 Å². The molecule has 0 unspecified atom stereocenters. The van der Waals surface area contributed by atoms with Gasteiger partial charge in [0.15, 0.2) is 0 Å². The zero-order valence-corrected chi connectivity index (χ0v) is 14.1. The Morgan fingerprint density at radius 3 is 3.09 bits per heavy atom. The van der Waals surface area contributed by atoms with Crippen molar-refractivity contribution in [3.8, 4) is 5.88 Å². The molecule has 0 bridgehead atoms. The molecule has 2 aromatic heterocycles. The quantitative estimate of drug-likeness (QED) is 0.836. The first-order chi connectivity index (χ1) is 11.1. The number of aromatic nitrogens is 2. The highest BCUT2D eigenvalue weighted by atomic mass is 32.1. The van der Waals surface area contributed by atoms with Gasteiger partial charge in [-0.2, -0.15) is 0 Å². The summed E-state index contributed by atoms with van der Waals surface area (Å²) in [5, 5.41) is 2.00. The number of thiophene rings is 1. The van der Waals surface area contributed by atoms with E-state index in [0.717, 1.165) is 23.7 Å². The fraction of sp³-hybridized carbons (Fsp3) is 0.438. The second kappa shape index (κ2) is 6.95. The normalized spacial score (nSPS) is 17.3. The SMILES string of the molecule is CN(C)c1cc(O[C@@H]2CCN(C(=O)Cc3cccs3)C2)ncn1. The summed E-state index contributed by atoms with van der Waals surface area (Å²) >= 11 is 1.62. The van der Waals surface area contributed by atoms with Crippen LogP contribution in [0.5, 0.6) is 5.88 Å². The third-order valence-electron chi connectivity index (χ3n) is 3.78. The highest BCUT2D eigenvalue weighted by Gasteiger charge is 2.28. The lowest BCUT2D eigenvalue weighted by atomic mass is 10.3. The summed E-state index contributed by atoms with van der Waals surface area (Å²) in [6.07, 6.45) is 2.80. The molecular formula is C16H20N4O2S. The van der Waals surface area contributed by atoms with E-state index in [4.69, 9.17) is 4.74 Å². The molecule has 1 aliphatic rings. The van der Waals surface area contributed by atoms with Crippen LogP contribution in [0.2, 0.25) is 0 Å². The standard InChI is InChI=1S/C16H20N4O2S/c1-19(2)14-9-15(18-11-17-14)22-12-5-6-20(10-12)16(21)8-13-4-3-7-23-13/h3-4,7,9,11-12H,5-6,8,10H2,1-2H3/t12-/m1/s1. The Balaban J connectivity index is 1.55. The molecule has 0 aromatic carbocycles. The van der Waals surface area contributed by atoms with Crippen molar-refractivity contribution in [3.63, 3.8) is 0 Å². The lowest BCUT2D eigenvalue weighted by Crippen LogP contribution is -2.32. The van der Waals surface area contributed by atoms with Crippen molar-refractivity contribution >= 4 is 23.1 Å². The van der Waals surface area contributed by atoms with Crippen LogP contribution in [-0.2, 0) is 11.2 Å². The molecule has 3 rings (SSSR count). The predicted molar refractivity (Wildman–Crippen MR) is 90.0 cm³/mol. The minimum atomic E-state index is -0.00722. The smallest absolute Gasteiger partial charge is 0.227 e. The maximum absolute atomic E-state index is 12.3. The van der Waals surface area contributed by atoms with Crippen LogP contribution in [-0.4, -0.2) is 54.1 Å². The number of carbonyl (C=O) groups is 1. The van der Waals surface area contributed by atoms with Gasteiger partial charge in [-0.3, -0.25) is 4.79 Å². The van der Waals surface area contributed by atoms with Crippen LogP contribution in [0.1, 0.15) is 11.3 Å². The maximum atomic E-state index is 12.3. The molecule has 0 spiro atoms. The van der Waals surface area contributed by atoms with E-state index in [9.17, 15) is 4.79 Å². The Kier molecular flexibility index (Phi) is 4.76. The number of rotatable bonds is 5. The van der Waals surface area contributed by atoms with Gasteiger partial charge in [-0.25, -0.2) is 9.97 Å². The summed E-state index contributed by atoms with van der Waals surface area (Å²) in [6.45, 7) is 1.35. The van der Waals surface area contributed by atoms with Crippen molar-refractivity contribution in [2.45, 2.75) is 18.9 Å². The number of carbonyl (C=O) groups excluding carboxylic acids is 1. The fourth-order valence-corrected chi connectivity index (χ4v) is 3.23. The molecule has 3 heterocycles. The van der Waals surface area contributed by atoms with Gasteiger partial charge in [0, 0.05) is 38.0 Å². The number of hydrogen-bond acceptors (Lipinski definition) is 6. The molecule has 1 saturated heterocycles. The topological polar surface area (TPSA) is 58.6 Å². The molecular weight excluding hydrogens is 312 g/mol. The fourth-order valence-electron chi connectivity index (χ4n) is 2.53. The minimum Gasteiger partial charge on any atom is -0.472 e. The monoisotopic (exact) mass is 332 g/mol. The summed E-state index contributed by atoms with van der Waals surface area (Å²) in [7, 11) is 3.85. The minimum absolute atomic E-state index is 0.00722. The number of likely N-dealkylation sites (tertiary alicyclic amines) is 1. The third kappa shape index (κ3) is 3.98. The molecule has 23 heavy (non-hydrogen) atoms. The van der Waals surface area contributed by atoms with Crippen LogP contribution >= 0.6 is 11.3 Å². The van der Waals surface area contributed by atoms with E-state index in [0.29, 0.717) is 18.8 Å². The van der Waals surface area contributed by atoms with Crippen LogP contribution in [0.15, 0.2) is 29.9 Å². The van der Waals surface area contributed by atoms with Crippen molar-refractivity contribution in [1.29, 1.82) is 0 Å². The van der Waals surface area contributed by atoms with Crippen LogP contribution in [0, 0.1) is 0 Å². The van der Waals surface area contributed by atoms with Crippen molar-refractivity contribution in [2.75, 3.05) is 32.1 Å². The van der Waals surface area contributed by atoms with Crippen LogP contribution in [0.25, 0.3) is 0 Å². The summed E-state index contributed by atoms with van der Waals surface area (Å²) in [5.74, 6) is 1.52. The Hall–Kier alpha value is -2.15. The molecule has 0 saturated carbocycles. The Morgan fingerprint density at radius 2 is 2.35 bits per heavy atom. The predicted octanol–water partition coefficient (Wildman–Crippen LogP) is 1.83. The van der Waals surface area contributed by atoms with Crippen molar-refractivity contribution < 1.29 is 9.53 Å². The van der Waals surface area contributed by atoms with Crippen molar-refractivity contribution in [1.82, 2.24) is 14.9 Å². The third-order valence-corrected chi connectivity index (χ3v) is 4.65.